The standard InChI is InChI=1S/C17H25N3O4S/c1-18(2)25(22,23)19-10-13-7-8-15(12-19)20(11-13)17(21)14-5-4-6-16(9-14)24-3/h4-6,9,13,15H,7-8,10-12H2,1-3H3/t13-,15+/m1/s1. The molecule has 0 N–H and O–H groups in total. The smallest absolute Gasteiger partial charge is 0.281 e. The number of carbonyl (C=O) groups excluding carboxylic acids is 1. The van der Waals surface area contributed by atoms with E-state index in [1.54, 1.807) is 45.5 Å². The molecule has 1 aromatic carbocycles. The summed E-state index contributed by atoms with van der Waals surface area (Å²) in [6, 6.07) is 7.02. The Labute approximate surface area is 149 Å². The van der Waals surface area contributed by atoms with Gasteiger partial charge in [-0.25, -0.2) is 0 Å². The Balaban J connectivity index is 1.84. The molecular formula is C17H25N3O4S. The normalized spacial score (nSPS) is 24.4. The molecule has 3 heterocycles. The molecule has 8 heteroatoms. The van der Waals surface area contributed by atoms with Crippen LogP contribution in [0.2, 0.25) is 0 Å². The Morgan fingerprint density at radius 1 is 1.20 bits per heavy atom. The molecule has 7 nitrogen and oxygen atoms in total. The van der Waals surface area contributed by atoms with Gasteiger partial charge in [0.25, 0.3) is 16.1 Å². The van der Waals surface area contributed by atoms with Gasteiger partial charge in [-0.3, -0.25) is 4.79 Å². The molecule has 0 unspecified atom stereocenters. The molecule has 3 aliphatic heterocycles. The molecule has 4 rings (SSSR count). The molecule has 0 aromatic heterocycles. The molecule has 0 aliphatic carbocycles. The third kappa shape index (κ3) is 3.51. The van der Waals surface area contributed by atoms with Crippen molar-refractivity contribution in [1.82, 2.24) is 13.5 Å². The van der Waals surface area contributed by atoms with Crippen LogP contribution in [0.4, 0.5) is 0 Å². The van der Waals surface area contributed by atoms with Gasteiger partial charge in [0.05, 0.1) is 7.11 Å². The summed E-state index contributed by atoms with van der Waals surface area (Å²) >= 11 is 0. The zero-order valence-corrected chi connectivity index (χ0v) is 15.7. The van der Waals surface area contributed by atoms with Crippen molar-refractivity contribution < 1.29 is 17.9 Å². The van der Waals surface area contributed by atoms with E-state index in [-0.39, 0.29) is 17.9 Å². The molecule has 0 saturated carbocycles. The summed E-state index contributed by atoms with van der Waals surface area (Å²) in [7, 11) is 1.19. The molecule has 2 bridgehead atoms. The highest BCUT2D eigenvalue weighted by molar-refractivity contribution is 7.86. The first-order chi connectivity index (χ1) is 11.8. The quantitative estimate of drug-likeness (QED) is 0.797. The highest BCUT2D eigenvalue weighted by Crippen LogP contribution is 2.31. The number of carbonyl (C=O) groups is 1. The molecule has 1 aromatic rings. The summed E-state index contributed by atoms with van der Waals surface area (Å²) in [6.07, 6.45) is 1.78. The monoisotopic (exact) mass is 367 g/mol. The summed E-state index contributed by atoms with van der Waals surface area (Å²) < 4.78 is 33.0. The van der Waals surface area contributed by atoms with E-state index in [1.165, 1.54) is 8.61 Å². The van der Waals surface area contributed by atoms with Crippen LogP contribution in [-0.2, 0) is 10.2 Å². The van der Waals surface area contributed by atoms with E-state index in [4.69, 9.17) is 4.74 Å². The van der Waals surface area contributed by atoms with E-state index in [2.05, 4.69) is 0 Å². The Hall–Kier alpha value is -1.64. The SMILES string of the molecule is COc1cccc(C(=O)N2C[C@@H]3CC[C@H]2CN(S(=O)(=O)N(C)C)C3)c1. The Morgan fingerprint density at radius 3 is 2.64 bits per heavy atom. The molecule has 2 atom stereocenters. The minimum absolute atomic E-state index is 0.0577. The molecule has 3 aliphatic rings. The fraction of sp³-hybridized carbons (Fsp3) is 0.588. The van der Waals surface area contributed by atoms with Gasteiger partial charge in [0, 0.05) is 45.3 Å². The van der Waals surface area contributed by atoms with E-state index >= 15 is 0 Å². The third-order valence-electron chi connectivity index (χ3n) is 5.05. The molecule has 25 heavy (non-hydrogen) atoms. The number of nitrogens with zero attached hydrogens (tertiary/aromatic N) is 3. The number of methoxy groups -OCH3 is 1. The minimum Gasteiger partial charge on any atom is -0.497 e. The molecular weight excluding hydrogens is 342 g/mol. The van der Waals surface area contributed by atoms with Gasteiger partial charge in [-0.2, -0.15) is 17.0 Å². The summed E-state index contributed by atoms with van der Waals surface area (Å²) in [5, 5.41) is 0. The number of piperidine rings is 1. The van der Waals surface area contributed by atoms with Gasteiger partial charge in [0.1, 0.15) is 5.75 Å². The number of benzene rings is 1. The van der Waals surface area contributed by atoms with Crippen LogP contribution in [0, 0.1) is 5.92 Å². The number of amides is 1. The summed E-state index contributed by atoms with van der Waals surface area (Å²) in [5.74, 6) is 0.753. The highest BCUT2D eigenvalue weighted by atomic mass is 32.2. The molecule has 138 valence electrons. The van der Waals surface area contributed by atoms with Gasteiger partial charge < -0.3 is 9.64 Å². The van der Waals surface area contributed by atoms with Crippen LogP contribution in [0.25, 0.3) is 0 Å². The van der Waals surface area contributed by atoms with Gasteiger partial charge in [-0.15, -0.1) is 0 Å². The lowest BCUT2D eigenvalue weighted by atomic mass is 9.94. The molecule has 3 saturated heterocycles. The van der Waals surface area contributed by atoms with Crippen LogP contribution < -0.4 is 4.74 Å². The average Bonchev–Trinajstić information content (AvgIpc) is 2.93. The first-order valence-corrected chi connectivity index (χ1v) is 9.85. The second-order valence-corrected chi connectivity index (χ2v) is 9.04. The lowest BCUT2D eigenvalue weighted by Crippen LogP contribution is -2.48. The summed E-state index contributed by atoms with van der Waals surface area (Å²) in [6.45, 7) is 1.42. The van der Waals surface area contributed by atoms with Crippen LogP contribution in [0.5, 0.6) is 5.75 Å². The predicted molar refractivity (Wildman–Crippen MR) is 94.7 cm³/mol. The van der Waals surface area contributed by atoms with E-state index < -0.39 is 10.2 Å². The first kappa shape index (κ1) is 18.2. The average molecular weight is 367 g/mol. The summed E-state index contributed by atoms with van der Waals surface area (Å²) in [4.78, 5) is 14.8. The topological polar surface area (TPSA) is 70.2 Å². The van der Waals surface area contributed by atoms with Crippen molar-refractivity contribution in [2.75, 3.05) is 40.8 Å². The second kappa shape index (κ2) is 6.93. The van der Waals surface area contributed by atoms with Crippen molar-refractivity contribution >= 4 is 16.1 Å². The fourth-order valence-electron chi connectivity index (χ4n) is 3.63. The number of hydrogen-bond acceptors (Lipinski definition) is 4. The van der Waals surface area contributed by atoms with Crippen molar-refractivity contribution in [3.05, 3.63) is 29.8 Å². The van der Waals surface area contributed by atoms with Crippen LogP contribution in [0.3, 0.4) is 0 Å². The van der Waals surface area contributed by atoms with Crippen LogP contribution in [0.1, 0.15) is 23.2 Å². The molecule has 0 radical (unpaired) electrons. The van der Waals surface area contributed by atoms with E-state index in [9.17, 15) is 13.2 Å². The highest BCUT2D eigenvalue weighted by Gasteiger charge is 2.41. The lowest BCUT2D eigenvalue weighted by Gasteiger charge is -2.36. The Bertz CT molecular complexity index is 750. The van der Waals surface area contributed by atoms with Crippen LogP contribution in [-0.4, -0.2) is 74.7 Å². The van der Waals surface area contributed by atoms with Crippen LogP contribution >= 0.6 is 0 Å². The Morgan fingerprint density at radius 2 is 1.96 bits per heavy atom. The third-order valence-corrected chi connectivity index (χ3v) is 6.92. The number of rotatable bonds is 4. The molecule has 1 amide bonds. The van der Waals surface area contributed by atoms with Gasteiger partial charge >= 0.3 is 0 Å². The maximum absolute atomic E-state index is 13.0. The minimum atomic E-state index is -3.46. The van der Waals surface area contributed by atoms with E-state index in [1.807, 2.05) is 4.90 Å². The number of fused-ring (bicyclic) bond motifs is 4. The van der Waals surface area contributed by atoms with Gasteiger partial charge in [-0.05, 0) is 37.0 Å². The van der Waals surface area contributed by atoms with Gasteiger partial charge in [0.15, 0.2) is 0 Å². The predicted octanol–water partition coefficient (Wildman–Crippen LogP) is 1.04. The van der Waals surface area contributed by atoms with Crippen molar-refractivity contribution in [2.45, 2.75) is 18.9 Å². The van der Waals surface area contributed by atoms with E-state index in [0.29, 0.717) is 30.9 Å². The van der Waals surface area contributed by atoms with Crippen molar-refractivity contribution in [1.29, 1.82) is 0 Å². The number of hydrogen-bond donors (Lipinski definition) is 0. The molecule has 3 fully saturated rings. The van der Waals surface area contributed by atoms with Crippen molar-refractivity contribution in [3.63, 3.8) is 0 Å². The van der Waals surface area contributed by atoms with Gasteiger partial charge in [-0.1, -0.05) is 6.07 Å². The lowest BCUT2D eigenvalue weighted by molar-refractivity contribution is 0.0588. The number of ether oxygens (including phenoxy) is 1. The zero-order valence-electron chi connectivity index (χ0n) is 14.9. The maximum atomic E-state index is 13.0. The van der Waals surface area contributed by atoms with Crippen LogP contribution in [0.15, 0.2) is 24.3 Å². The second-order valence-electron chi connectivity index (χ2n) is 6.89. The Kier molecular flexibility index (Phi) is 5.04. The van der Waals surface area contributed by atoms with E-state index in [0.717, 1.165) is 12.8 Å². The first-order valence-electron chi connectivity index (χ1n) is 8.45. The van der Waals surface area contributed by atoms with Crippen molar-refractivity contribution in [3.8, 4) is 5.75 Å². The zero-order chi connectivity index (χ0) is 18.2. The summed E-state index contributed by atoms with van der Waals surface area (Å²) in [5.41, 5.74) is 0.578. The molecule has 0 spiro atoms. The fourth-order valence-corrected chi connectivity index (χ4v) is 4.85. The van der Waals surface area contributed by atoms with Crippen molar-refractivity contribution in [2.24, 2.45) is 5.92 Å². The van der Waals surface area contributed by atoms with Gasteiger partial charge in [0.2, 0.25) is 0 Å². The largest absolute Gasteiger partial charge is 0.497 e. The maximum Gasteiger partial charge on any atom is 0.281 e.